The van der Waals surface area contributed by atoms with Crippen LogP contribution in [0, 0.1) is 11.8 Å². The largest absolute Gasteiger partial charge is 0.289 e. The zero-order valence-corrected chi connectivity index (χ0v) is 7.22. The molecule has 12 heavy (non-hydrogen) atoms. The number of hydrogen-bond acceptors (Lipinski definition) is 1. The highest BCUT2D eigenvalue weighted by Crippen LogP contribution is 2.20. The lowest BCUT2D eigenvalue weighted by Crippen LogP contribution is -2.13. The van der Waals surface area contributed by atoms with Gasteiger partial charge in [-0.25, -0.2) is 0 Å². The number of fused-ring (bicyclic) bond motifs is 1. The van der Waals surface area contributed by atoms with E-state index in [0.717, 1.165) is 0 Å². The lowest BCUT2D eigenvalue weighted by atomic mass is 9.95. The molecule has 1 heterocycles. The highest BCUT2D eigenvalue weighted by molar-refractivity contribution is 5.64. The third-order valence-electron chi connectivity index (χ3n) is 2.28. The van der Waals surface area contributed by atoms with Gasteiger partial charge in [-0.1, -0.05) is 43.4 Å². The van der Waals surface area contributed by atoms with Crippen LogP contribution in [0.5, 0.6) is 0 Å². The van der Waals surface area contributed by atoms with Crippen molar-refractivity contribution in [3.8, 4) is 0 Å². The molecule has 0 spiro atoms. The highest BCUT2D eigenvalue weighted by Gasteiger charge is 2.16. The summed E-state index contributed by atoms with van der Waals surface area (Å²) in [6.45, 7) is 2.16. The standard InChI is InChI=1S/C11H13N/c1-9-6-7-10-4-2-3-5-11(10)12-8-9/h2-11H,1H3. The van der Waals surface area contributed by atoms with Gasteiger partial charge in [-0.3, -0.25) is 4.99 Å². The Morgan fingerprint density at radius 1 is 1.00 bits per heavy atom. The third-order valence-corrected chi connectivity index (χ3v) is 2.28. The van der Waals surface area contributed by atoms with E-state index in [2.05, 4.69) is 48.4 Å². The Hall–Kier alpha value is -1.11. The number of aliphatic imine (C=N–C) groups is 1. The lowest BCUT2D eigenvalue weighted by molar-refractivity contribution is 0.692. The van der Waals surface area contributed by atoms with Crippen molar-refractivity contribution in [1.29, 1.82) is 0 Å². The molecule has 3 unspecified atom stereocenters. The van der Waals surface area contributed by atoms with Crippen LogP contribution >= 0.6 is 0 Å². The molecular weight excluding hydrogens is 146 g/mol. The van der Waals surface area contributed by atoms with Crippen LogP contribution in [0.25, 0.3) is 0 Å². The van der Waals surface area contributed by atoms with Crippen LogP contribution in [0.2, 0.25) is 0 Å². The fourth-order valence-electron chi connectivity index (χ4n) is 1.53. The molecule has 0 saturated carbocycles. The van der Waals surface area contributed by atoms with Crippen molar-refractivity contribution in [3.05, 3.63) is 36.5 Å². The molecule has 0 radical (unpaired) electrons. The Labute approximate surface area is 73.2 Å². The van der Waals surface area contributed by atoms with Crippen LogP contribution in [0.15, 0.2) is 41.4 Å². The number of hydrogen-bond donors (Lipinski definition) is 0. The number of allylic oxidation sites excluding steroid dienone is 3. The predicted octanol–water partition coefficient (Wildman–Crippen LogP) is 2.37. The second-order valence-electron chi connectivity index (χ2n) is 3.38. The molecule has 0 N–H and O–H groups in total. The van der Waals surface area contributed by atoms with Gasteiger partial charge in [0.15, 0.2) is 0 Å². The van der Waals surface area contributed by atoms with Gasteiger partial charge in [0.25, 0.3) is 0 Å². The van der Waals surface area contributed by atoms with Gasteiger partial charge in [-0.15, -0.1) is 0 Å². The summed E-state index contributed by atoms with van der Waals surface area (Å²) in [6.07, 6.45) is 15.0. The fraction of sp³-hybridized carbons (Fsp3) is 0.364. The second kappa shape index (κ2) is 3.10. The molecule has 62 valence electrons. The van der Waals surface area contributed by atoms with Gasteiger partial charge in [0.1, 0.15) is 0 Å². The van der Waals surface area contributed by atoms with Gasteiger partial charge in [0, 0.05) is 18.1 Å². The first-order valence-corrected chi connectivity index (χ1v) is 4.43. The van der Waals surface area contributed by atoms with E-state index in [1.54, 1.807) is 0 Å². The van der Waals surface area contributed by atoms with E-state index in [1.165, 1.54) is 0 Å². The zero-order valence-electron chi connectivity index (χ0n) is 7.22. The van der Waals surface area contributed by atoms with Crippen molar-refractivity contribution in [2.24, 2.45) is 16.8 Å². The van der Waals surface area contributed by atoms with Gasteiger partial charge in [-0.2, -0.15) is 0 Å². The minimum Gasteiger partial charge on any atom is -0.289 e. The molecule has 1 aliphatic carbocycles. The molecule has 2 rings (SSSR count). The summed E-state index contributed by atoms with van der Waals surface area (Å²) in [7, 11) is 0. The van der Waals surface area contributed by atoms with E-state index >= 15 is 0 Å². The van der Waals surface area contributed by atoms with Crippen LogP contribution < -0.4 is 0 Å². The van der Waals surface area contributed by atoms with Crippen molar-refractivity contribution in [3.63, 3.8) is 0 Å². The molecule has 0 aromatic heterocycles. The molecule has 3 atom stereocenters. The molecule has 0 bridgehead atoms. The summed E-state index contributed by atoms with van der Waals surface area (Å²) in [5.74, 6) is 0.966. The molecule has 0 saturated heterocycles. The van der Waals surface area contributed by atoms with Gasteiger partial charge in [0.05, 0.1) is 6.04 Å². The first-order valence-electron chi connectivity index (χ1n) is 4.43. The van der Waals surface area contributed by atoms with Crippen LogP contribution in [0.1, 0.15) is 6.92 Å². The summed E-state index contributed by atoms with van der Waals surface area (Å²) in [5.41, 5.74) is 0. The normalized spacial score (nSPS) is 37.9. The SMILES string of the molecule is CC1C=CC2C=CC=CC2N=C1. The van der Waals surface area contributed by atoms with Gasteiger partial charge in [-0.05, 0) is 0 Å². The minimum absolute atomic E-state index is 0.344. The molecular formula is C11H13N. The molecule has 1 nitrogen and oxygen atoms in total. The summed E-state index contributed by atoms with van der Waals surface area (Å²) < 4.78 is 0. The third kappa shape index (κ3) is 1.40. The maximum Gasteiger partial charge on any atom is 0.0776 e. The average Bonchev–Trinajstić information content (AvgIpc) is 2.29. The average molecular weight is 159 g/mol. The first kappa shape index (κ1) is 7.53. The van der Waals surface area contributed by atoms with Crippen LogP contribution in [-0.4, -0.2) is 12.3 Å². The van der Waals surface area contributed by atoms with E-state index < -0.39 is 0 Å². The molecule has 0 aromatic rings. The first-order chi connectivity index (χ1) is 5.86. The summed E-state index contributed by atoms with van der Waals surface area (Å²) in [4.78, 5) is 4.50. The number of nitrogens with zero attached hydrogens (tertiary/aromatic N) is 1. The topological polar surface area (TPSA) is 12.4 Å². The van der Waals surface area contributed by atoms with Crippen molar-refractivity contribution < 1.29 is 0 Å². The van der Waals surface area contributed by atoms with E-state index in [4.69, 9.17) is 0 Å². The van der Waals surface area contributed by atoms with E-state index in [9.17, 15) is 0 Å². The fourth-order valence-corrected chi connectivity index (χ4v) is 1.53. The second-order valence-corrected chi connectivity index (χ2v) is 3.38. The number of rotatable bonds is 0. The maximum atomic E-state index is 4.50. The predicted molar refractivity (Wildman–Crippen MR) is 52.4 cm³/mol. The Morgan fingerprint density at radius 2 is 1.83 bits per heavy atom. The van der Waals surface area contributed by atoms with Crippen molar-refractivity contribution in [2.45, 2.75) is 13.0 Å². The molecule has 0 amide bonds. The van der Waals surface area contributed by atoms with Crippen LogP contribution in [-0.2, 0) is 0 Å². The van der Waals surface area contributed by atoms with Crippen LogP contribution in [0.4, 0.5) is 0 Å². The van der Waals surface area contributed by atoms with Gasteiger partial charge >= 0.3 is 0 Å². The van der Waals surface area contributed by atoms with Crippen molar-refractivity contribution in [2.75, 3.05) is 0 Å². The van der Waals surface area contributed by atoms with Crippen molar-refractivity contribution in [1.82, 2.24) is 0 Å². The van der Waals surface area contributed by atoms with E-state index in [0.29, 0.717) is 17.9 Å². The Kier molecular flexibility index (Phi) is 1.94. The lowest BCUT2D eigenvalue weighted by Gasteiger charge is -2.15. The summed E-state index contributed by atoms with van der Waals surface area (Å²) in [6, 6.07) is 0.344. The smallest absolute Gasteiger partial charge is 0.0776 e. The zero-order chi connectivity index (χ0) is 8.39. The van der Waals surface area contributed by atoms with Gasteiger partial charge in [0.2, 0.25) is 0 Å². The van der Waals surface area contributed by atoms with E-state index in [-0.39, 0.29) is 0 Å². The van der Waals surface area contributed by atoms with Crippen LogP contribution in [0.3, 0.4) is 0 Å². The van der Waals surface area contributed by atoms with Gasteiger partial charge < -0.3 is 0 Å². The Morgan fingerprint density at radius 3 is 2.75 bits per heavy atom. The quantitative estimate of drug-likeness (QED) is 0.481. The van der Waals surface area contributed by atoms with E-state index in [1.807, 2.05) is 6.21 Å². The minimum atomic E-state index is 0.344. The maximum absolute atomic E-state index is 4.50. The molecule has 1 heteroatoms. The Balaban J connectivity index is 2.26. The summed E-state index contributed by atoms with van der Waals surface area (Å²) >= 11 is 0. The Bertz CT molecular complexity index is 243. The molecule has 0 aromatic carbocycles. The molecule has 0 fully saturated rings. The molecule has 2 aliphatic rings. The van der Waals surface area contributed by atoms with Crippen molar-refractivity contribution >= 4 is 6.21 Å². The highest BCUT2D eigenvalue weighted by atomic mass is 14.8. The molecule has 1 aliphatic heterocycles. The summed E-state index contributed by atoms with van der Waals surface area (Å²) in [5, 5.41) is 0. The monoisotopic (exact) mass is 159 g/mol.